The summed E-state index contributed by atoms with van der Waals surface area (Å²) in [6, 6.07) is 0. The maximum Gasteiger partial charge on any atom is 0.306 e. The number of hydrogen-bond donors (Lipinski definition) is 2. The summed E-state index contributed by atoms with van der Waals surface area (Å²) in [5.74, 6) is -1.89. The Hall–Kier alpha value is -1.06. The van der Waals surface area contributed by atoms with Gasteiger partial charge in [-0.25, -0.2) is 0 Å². The summed E-state index contributed by atoms with van der Waals surface area (Å²) in [6.45, 7) is 3.49. The van der Waals surface area contributed by atoms with Gasteiger partial charge in [0.15, 0.2) is 0 Å². The van der Waals surface area contributed by atoms with E-state index in [-0.39, 0.29) is 11.8 Å². The van der Waals surface area contributed by atoms with Gasteiger partial charge in [0.05, 0.1) is 11.8 Å². The van der Waals surface area contributed by atoms with Crippen LogP contribution in [0.5, 0.6) is 0 Å². The van der Waals surface area contributed by atoms with Crippen LogP contribution in [0.25, 0.3) is 0 Å². The molecule has 0 radical (unpaired) electrons. The molecule has 0 unspecified atom stereocenters. The van der Waals surface area contributed by atoms with Gasteiger partial charge >= 0.3 is 11.9 Å². The van der Waals surface area contributed by atoms with E-state index in [1.807, 2.05) is 0 Å². The van der Waals surface area contributed by atoms with Crippen molar-refractivity contribution < 1.29 is 19.8 Å². The molecule has 0 heterocycles. The molecule has 0 aromatic carbocycles. The van der Waals surface area contributed by atoms with E-state index >= 15 is 0 Å². The van der Waals surface area contributed by atoms with Crippen molar-refractivity contribution in [1.29, 1.82) is 0 Å². The van der Waals surface area contributed by atoms with Crippen LogP contribution in [0, 0.1) is 11.8 Å². The summed E-state index contributed by atoms with van der Waals surface area (Å²) in [5, 5.41) is 17.4. The Bertz CT molecular complexity index is 224. The Morgan fingerprint density at radius 2 is 1.00 bits per heavy atom. The highest BCUT2D eigenvalue weighted by Gasteiger charge is 2.10. The molecule has 4 heteroatoms. The second-order valence-corrected chi connectivity index (χ2v) is 5.18. The molecule has 0 fully saturated rings. The lowest BCUT2D eigenvalue weighted by Gasteiger charge is -2.06. The minimum absolute atomic E-state index is 0.235. The third-order valence-electron chi connectivity index (χ3n) is 3.37. The predicted octanol–water partition coefficient (Wildman–Crippen LogP) is 3.55. The van der Waals surface area contributed by atoms with E-state index in [1.165, 1.54) is 0 Å². The molecule has 2 atom stereocenters. The molecule has 0 aliphatic rings. The number of unbranched alkanes of at least 4 members (excludes halogenated alkanes) is 5. The summed E-state index contributed by atoms with van der Waals surface area (Å²) >= 11 is 0. The number of carbonyl (C=O) groups is 2. The van der Waals surface area contributed by atoms with E-state index in [9.17, 15) is 9.59 Å². The van der Waals surface area contributed by atoms with Gasteiger partial charge < -0.3 is 10.2 Å². The molecule has 106 valence electrons. The minimum Gasteiger partial charge on any atom is -0.481 e. The first-order chi connectivity index (χ1) is 8.45. The molecule has 0 spiro atoms. The highest BCUT2D eigenvalue weighted by molar-refractivity contribution is 5.69. The van der Waals surface area contributed by atoms with Crippen molar-refractivity contribution in [3.8, 4) is 0 Å². The lowest BCUT2D eigenvalue weighted by Crippen LogP contribution is -2.09. The van der Waals surface area contributed by atoms with Crippen molar-refractivity contribution in [2.45, 2.75) is 65.2 Å². The molecule has 0 amide bonds. The van der Waals surface area contributed by atoms with Crippen LogP contribution in [0.2, 0.25) is 0 Å². The van der Waals surface area contributed by atoms with Gasteiger partial charge in [-0.2, -0.15) is 0 Å². The average molecular weight is 258 g/mol. The lowest BCUT2D eigenvalue weighted by molar-refractivity contribution is -0.142. The first kappa shape index (κ1) is 16.9. The smallest absolute Gasteiger partial charge is 0.306 e. The molecule has 0 aromatic rings. The maximum atomic E-state index is 10.6. The third-order valence-corrected chi connectivity index (χ3v) is 3.37. The van der Waals surface area contributed by atoms with E-state index in [4.69, 9.17) is 10.2 Å². The molecular formula is C14H26O4. The fourth-order valence-corrected chi connectivity index (χ4v) is 1.86. The van der Waals surface area contributed by atoms with Crippen LogP contribution in [-0.4, -0.2) is 22.2 Å². The van der Waals surface area contributed by atoms with Crippen molar-refractivity contribution in [2.75, 3.05) is 0 Å². The molecule has 0 aliphatic carbocycles. The zero-order valence-electron chi connectivity index (χ0n) is 11.5. The first-order valence-electron chi connectivity index (χ1n) is 6.90. The number of aliphatic carboxylic acids is 2. The Morgan fingerprint density at radius 1 is 0.722 bits per heavy atom. The number of hydrogen-bond acceptors (Lipinski definition) is 2. The van der Waals surface area contributed by atoms with Gasteiger partial charge in [0.25, 0.3) is 0 Å². The molecule has 4 nitrogen and oxygen atoms in total. The summed E-state index contributed by atoms with van der Waals surface area (Å²) in [5.41, 5.74) is 0. The van der Waals surface area contributed by atoms with Crippen LogP contribution < -0.4 is 0 Å². The first-order valence-corrected chi connectivity index (χ1v) is 6.90. The summed E-state index contributed by atoms with van der Waals surface area (Å²) in [4.78, 5) is 21.2. The summed E-state index contributed by atoms with van der Waals surface area (Å²) < 4.78 is 0. The Balaban J connectivity index is 3.26. The van der Waals surface area contributed by atoms with Gasteiger partial charge in [0, 0.05) is 0 Å². The van der Waals surface area contributed by atoms with E-state index in [0.717, 1.165) is 51.4 Å². The van der Waals surface area contributed by atoms with E-state index in [2.05, 4.69) is 0 Å². The van der Waals surface area contributed by atoms with Gasteiger partial charge in [0.1, 0.15) is 0 Å². The summed E-state index contributed by atoms with van der Waals surface area (Å²) in [6.07, 6.45) is 7.84. The fourth-order valence-electron chi connectivity index (χ4n) is 1.86. The van der Waals surface area contributed by atoms with Crippen molar-refractivity contribution in [3.05, 3.63) is 0 Å². The lowest BCUT2D eigenvalue weighted by atomic mass is 10.00. The Morgan fingerprint density at radius 3 is 1.28 bits per heavy atom. The normalized spacial score (nSPS) is 14.1. The topological polar surface area (TPSA) is 74.6 Å². The highest BCUT2D eigenvalue weighted by Crippen LogP contribution is 2.14. The number of carboxylic acids is 2. The van der Waals surface area contributed by atoms with Gasteiger partial charge in [-0.1, -0.05) is 52.4 Å². The van der Waals surface area contributed by atoms with Crippen molar-refractivity contribution in [3.63, 3.8) is 0 Å². The molecule has 18 heavy (non-hydrogen) atoms. The van der Waals surface area contributed by atoms with Crippen LogP contribution in [0.15, 0.2) is 0 Å². The van der Waals surface area contributed by atoms with Gasteiger partial charge in [-0.3, -0.25) is 9.59 Å². The second-order valence-electron chi connectivity index (χ2n) is 5.18. The second kappa shape index (κ2) is 9.92. The average Bonchev–Trinajstić information content (AvgIpc) is 2.31. The zero-order chi connectivity index (χ0) is 14.0. The molecule has 0 bridgehead atoms. The molecule has 2 N–H and O–H groups in total. The standard InChI is InChI=1S/C14H26O4/c1-11(13(15)16)9-7-5-3-4-6-8-10-12(2)14(17)18/h11-12H,3-10H2,1-2H3,(H,15,16)(H,17,18)/t11-,12-/m1/s1. The fraction of sp³-hybridized carbons (Fsp3) is 0.857. The minimum atomic E-state index is -0.711. The molecule has 0 saturated heterocycles. The predicted molar refractivity (Wildman–Crippen MR) is 70.5 cm³/mol. The Labute approximate surface area is 109 Å². The molecular weight excluding hydrogens is 232 g/mol. The SMILES string of the molecule is C[C@H](CCCCCCCC[C@@H](C)C(=O)O)C(=O)O. The highest BCUT2D eigenvalue weighted by atomic mass is 16.4. The summed E-state index contributed by atoms with van der Waals surface area (Å²) in [7, 11) is 0. The monoisotopic (exact) mass is 258 g/mol. The Kier molecular flexibility index (Phi) is 9.33. The van der Waals surface area contributed by atoms with Crippen molar-refractivity contribution in [2.24, 2.45) is 11.8 Å². The molecule has 0 rings (SSSR count). The largest absolute Gasteiger partial charge is 0.481 e. The van der Waals surface area contributed by atoms with Crippen LogP contribution in [0.3, 0.4) is 0 Å². The van der Waals surface area contributed by atoms with Crippen molar-refractivity contribution in [1.82, 2.24) is 0 Å². The molecule has 0 aliphatic heterocycles. The third kappa shape index (κ3) is 9.02. The molecule has 0 saturated carbocycles. The van der Waals surface area contributed by atoms with Gasteiger partial charge in [0.2, 0.25) is 0 Å². The van der Waals surface area contributed by atoms with Crippen LogP contribution >= 0.6 is 0 Å². The van der Waals surface area contributed by atoms with Gasteiger partial charge in [-0.05, 0) is 12.8 Å². The number of carboxylic acid groups (broad SMARTS) is 2. The van der Waals surface area contributed by atoms with E-state index < -0.39 is 11.9 Å². The van der Waals surface area contributed by atoms with Crippen LogP contribution in [0.4, 0.5) is 0 Å². The van der Waals surface area contributed by atoms with Crippen molar-refractivity contribution >= 4 is 11.9 Å². The quantitative estimate of drug-likeness (QED) is 0.556. The zero-order valence-corrected chi connectivity index (χ0v) is 11.5. The van der Waals surface area contributed by atoms with E-state index in [0.29, 0.717) is 0 Å². The number of rotatable bonds is 11. The van der Waals surface area contributed by atoms with Crippen LogP contribution in [-0.2, 0) is 9.59 Å². The van der Waals surface area contributed by atoms with Gasteiger partial charge in [-0.15, -0.1) is 0 Å². The van der Waals surface area contributed by atoms with E-state index in [1.54, 1.807) is 13.8 Å². The maximum absolute atomic E-state index is 10.6. The van der Waals surface area contributed by atoms with Crippen LogP contribution in [0.1, 0.15) is 65.2 Å². The molecule has 0 aromatic heterocycles.